The zero-order valence-corrected chi connectivity index (χ0v) is 13.4. The van der Waals surface area contributed by atoms with Crippen molar-refractivity contribution in [3.63, 3.8) is 0 Å². The fraction of sp³-hybridized carbons (Fsp3) is 0.389. The predicted molar refractivity (Wildman–Crippen MR) is 87.0 cm³/mol. The second kappa shape index (κ2) is 7.23. The minimum absolute atomic E-state index is 0.653. The van der Waals surface area contributed by atoms with Crippen LogP contribution in [0.1, 0.15) is 35.7 Å². The highest BCUT2D eigenvalue weighted by atomic mass is 16.5. The van der Waals surface area contributed by atoms with Crippen molar-refractivity contribution in [1.29, 1.82) is 0 Å². The van der Waals surface area contributed by atoms with Crippen molar-refractivity contribution in [3.8, 4) is 11.6 Å². The van der Waals surface area contributed by atoms with Gasteiger partial charge in [0.15, 0.2) is 0 Å². The van der Waals surface area contributed by atoms with Crippen LogP contribution in [0.4, 0.5) is 0 Å². The van der Waals surface area contributed by atoms with Crippen LogP contribution >= 0.6 is 0 Å². The number of ether oxygens (including phenoxy) is 1. The Bertz CT molecular complexity index is 608. The number of benzene rings is 1. The third-order valence-electron chi connectivity index (χ3n) is 3.47. The van der Waals surface area contributed by atoms with Gasteiger partial charge in [-0.05, 0) is 56.5 Å². The van der Waals surface area contributed by atoms with Crippen LogP contribution in [-0.4, -0.2) is 11.5 Å². The van der Waals surface area contributed by atoms with Gasteiger partial charge in [-0.15, -0.1) is 0 Å². The molecule has 0 fully saturated rings. The second-order valence-electron chi connectivity index (χ2n) is 5.44. The Labute approximate surface area is 127 Å². The summed E-state index contributed by atoms with van der Waals surface area (Å²) in [5, 5.41) is 3.40. The number of aromatic nitrogens is 1. The smallest absolute Gasteiger partial charge is 0.219 e. The summed E-state index contributed by atoms with van der Waals surface area (Å²) >= 11 is 0. The molecule has 0 saturated heterocycles. The van der Waals surface area contributed by atoms with Crippen LogP contribution in [-0.2, 0) is 6.54 Å². The van der Waals surface area contributed by atoms with E-state index in [1.807, 2.05) is 26.0 Å². The first-order valence-corrected chi connectivity index (χ1v) is 7.52. The highest BCUT2D eigenvalue weighted by molar-refractivity contribution is 5.39. The van der Waals surface area contributed by atoms with E-state index >= 15 is 0 Å². The van der Waals surface area contributed by atoms with Gasteiger partial charge in [-0.1, -0.05) is 25.1 Å². The minimum atomic E-state index is 0.653. The number of rotatable bonds is 6. The maximum Gasteiger partial charge on any atom is 0.219 e. The van der Waals surface area contributed by atoms with Gasteiger partial charge in [0.2, 0.25) is 5.88 Å². The Kier molecular flexibility index (Phi) is 5.34. The van der Waals surface area contributed by atoms with E-state index in [1.54, 1.807) is 0 Å². The van der Waals surface area contributed by atoms with E-state index in [9.17, 15) is 0 Å². The van der Waals surface area contributed by atoms with Gasteiger partial charge in [-0.2, -0.15) is 0 Å². The standard InChI is InChI=1S/C18H24N2O/c1-5-10-19-12-16-8-9-18(20-15(16)4)21-17-11-13(2)6-7-14(17)3/h6-9,11,19H,5,10,12H2,1-4H3. The van der Waals surface area contributed by atoms with E-state index in [1.165, 1.54) is 11.1 Å². The van der Waals surface area contributed by atoms with Crippen molar-refractivity contribution in [2.75, 3.05) is 6.54 Å². The summed E-state index contributed by atoms with van der Waals surface area (Å²) in [6, 6.07) is 10.2. The molecule has 0 bridgehead atoms. The molecule has 112 valence electrons. The summed E-state index contributed by atoms with van der Waals surface area (Å²) < 4.78 is 5.92. The molecule has 0 aliphatic carbocycles. The van der Waals surface area contributed by atoms with Gasteiger partial charge >= 0.3 is 0 Å². The Morgan fingerprint density at radius 1 is 1.10 bits per heavy atom. The molecule has 1 N–H and O–H groups in total. The normalized spacial score (nSPS) is 10.7. The summed E-state index contributed by atoms with van der Waals surface area (Å²) in [5.41, 5.74) is 4.54. The third-order valence-corrected chi connectivity index (χ3v) is 3.47. The minimum Gasteiger partial charge on any atom is -0.439 e. The second-order valence-corrected chi connectivity index (χ2v) is 5.44. The average Bonchev–Trinajstić information content (AvgIpc) is 2.45. The van der Waals surface area contributed by atoms with Crippen LogP contribution in [0.3, 0.4) is 0 Å². The lowest BCUT2D eigenvalue weighted by atomic mass is 10.1. The van der Waals surface area contributed by atoms with Gasteiger partial charge in [0.1, 0.15) is 5.75 Å². The van der Waals surface area contributed by atoms with Gasteiger partial charge in [-0.3, -0.25) is 0 Å². The lowest BCUT2D eigenvalue weighted by molar-refractivity contribution is 0.457. The Balaban J connectivity index is 2.11. The monoisotopic (exact) mass is 284 g/mol. The molecule has 1 aromatic heterocycles. The molecule has 0 unspecified atom stereocenters. The van der Waals surface area contributed by atoms with Crippen molar-refractivity contribution in [1.82, 2.24) is 10.3 Å². The molecule has 21 heavy (non-hydrogen) atoms. The van der Waals surface area contributed by atoms with Crippen molar-refractivity contribution in [2.45, 2.75) is 40.7 Å². The van der Waals surface area contributed by atoms with Crippen LogP contribution in [0.5, 0.6) is 11.6 Å². The summed E-state index contributed by atoms with van der Waals surface area (Å²) in [5.74, 6) is 1.53. The van der Waals surface area contributed by atoms with Gasteiger partial charge in [-0.25, -0.2) is 4.98 Å². The zero-order valence-electron chi connectivity index (χ0n) is 13.4. The van der Waals surface area contributed by atoms with Gasteiger partial charge in [0.25, 0.3) is 0 Å². The summed E-state index contributed by atoms with van der Waals surface area (Å²) in [4.78, 5) is 4.56. The van der Waals surface area contributed by atoms with Crippen molar-refractivity contribution < 1.29 is 4.74 Å². The molecule has 3 heteroatoms. The molecule has 0 saturated carbocycles. The molecule has 0 aliphatic rings. The SMILES string of the molecule is CCCNCc1ccc(Oc2cc(C)ccc2C)nc1C. The molecular formula is C18H24N2O. The highest BCUT2D eigenvalue weighted by Crippen LogP contribution is 2.25. The van der Waals surface area contributed by atoms with Gasteiger partial charge < -0.3 is 10.1 Å². The fourth-order valence-electron chi connectivity index (χ4n) is 2.14. The topological polar surface area (TPSA) is 34.1 Å². The number of hydrogen-bond donors (Lipinski definition) is 1. The highest BCUT2D eigenvalue weighted by Gasteiger charge is 2.06. The number of pyridine rings is 1. The van der Waals surface area contributed by atoms with Crippen molar-refractivity contribution in [3.05, 3.63) is 52.7 Å². The molecule has 2 rings (SSSR count). The molecule has 3 nitrogen and oxygen atoms in total. The van der Waals surface area contributed by atoms with E-state index in [2.05, 4.69) is 42.3 Å². The van der Waals surface area contributed by atoms with E-state index in [4.69, 9.17) is 4.74 Å². The lowest BCUT2D eigenvalue weighted by Crippen LogP contribution is -2.15. The quantitative estimate of drug-likeness (QED) is 0.803. The number of aryl methyl sites for hydroxylation is 3. The first-order valence-electron chi connectivity index (χ1n) is 7.52. The molecule has 2 aromatic rings. The zero-order chi connectivity index (χ0) is 15.2. The molecule has 1 aromatic carbocycles. The maximum atomic E-state index is 5.92. The van der Waals surface area contributed by atoms with Crippen LogP contribution in [0.2, 0.25) is 0 Å². The molecule has 0 spiro atoms. The molecule has 0 aliphatic heterocycles. The van der Waals surface area contributed by atoms with Crippen LogP contribution < -0.4 is 10.1 Å². The van der Waals surface area contributed by atoms with E-state index < -0.39 is 0 Å². The summed E-state index contributed by atoms with van der Waals surface area (Å²) in [6.07, 6.45) is 1.14. The number of hydrogen-bond acceptors (Lipinski definition) is 3. The van der Waals surface area contributed by atoms with Gasteiger partial charge in [0.05, 0.1) is 0 Å². The van der Waals surface area contributed by atoms with E-state index in [-0.39, 0.29) is 0 Å². The van der Waals surface area contributed by atoms with Crippen LogP contribution in [0, 0.1) is 20.8 Å². The Hall–Kier alpha value is -1.87. The first kappa shape index (κ1) is 15.5. The Morgan fingerprint density at radius 3 is 2.62 bits per heavy atom. The first-order chi connectivity index (χ1) is 10.1. The number of nitrogens with one attached hydrogen (secondary N) is 1. The lowest BCUT2D eigenvalue weighted by Gasteiger charge is -2.11. The predicted octanol–water partition coefficient (Wildman–Crippen LogP) is 4.30. The van der Waals surface area contributed by atoms with Gasteiger partial charge in [0, 0.05) is 18.3 Å². The summed E-state index contributed by atoms with van der Waals surface area (Å²) in [6.45, 7) is 10.2. The molecule has 0 amide bonds. The maximum absolute atomic E-state index is 5.92. The molecule has 0 atom stereocenters. The third kappa shape index (κ3) is 4.30. The van der Waals surface area contributed by atoms with E-state index in [0.29, 0.717) is 5.88 Å². The van der Waals surface area contributed by atoms with Crippen molar-refractivity contribution in [2.24, 2.45) is 0 Å². The average molecular weight is 284 g/mol. The molecular weight excluding hydrogens is 260 g/mol. The van der Waals surface area contributed by atoms with Crippen LogP contribution in [0.15, 0.2) is 30.3 Å². The van der Waals surface area contributed by atoms with E-state index in [0.717, 1.165) is 36.5 Å². The largest absolute Gasteiger partial charge is 0.439 e. The van der Waals surface area contributed by atoms with Crippen LogP contribution in [0.25, 0.3) is 0 Å². The molecule has 0 radical (unpaired) electrons. The van der Waals surface area contributed by atoms with Crippen molar-refractivity contribution >= 4 is 0 Å². The number of nitrogens with zero attached hydrogens (tertiary/aromatic N) is 1. The molecule has 1 heterocycles. The summed E-state index contributed by atoms with van der Waals surface area (Å²) in [7, 11) is 0. The fourth-order valence-corrected chi connectivity index (χ4v) is 2.14. The Morgan fingerprint density at radius 2 is 1.90 bits per heavy atom.